The van der Waals surface area contributed by atoms with Crippen molar-refractivity contribution in [3.05, 3.63) is 28.4 Å². The van der Waals surface area contributed by atoms with Crippen LogP contribution in [0.5, 0.6) is 0 Å². The minimum Gasteiger partial charge on any atom is -0.397 e. The first-order chi connectivity index (χ1) is 15.3. The molecule has 0 bridgehead atoms. The molecule has 2 aliphatic rings. The largest absolute Gasteiger partial charge is 0.397 e. The Morgan fingerprint density at radius 3 is 2.84 bits per heavy atom. The lowest BCUT2D eigenvalue weighted by molar-refractivity contribution is -0.759. The number of hydrogen-bond donors (Lipinski definition) is 2. The summed E-state index contributed by atoms with van der Waals surface area (Å²) >= 11 is 1.34. The monoisotopic (exact) mass is 455 g/mol. The average molecular weight is 456 g/mol. The van der Waals surface area contributed by atoms with Crippen LogP contribution in [-0.4, -0.2) is 29.3 Å². The molecule has 1 amide bonds. The highest BCUT2D eigenvalue weighted by atomic mass is 32.1. The fourth-order valence-electron chi connectivity index (χ4n) is 4.78. The van der Waals surface area contributed by atoms with Crippen molar-refractivity contribution in [1.82, 2.24) is 10.3 Å². The minimum atomic E-state index is -0.294. The summed E-state index contributed by atoms with van der Waals surface area (Å²) < 4.78 is 5.34. The van der Waals surface area contributed by atoms with Gasteiger partial charge in [0, 0.05) is 11.1 Å². The zero-order chi connectivity index (χ0) is 22.5. The van der Waals surface area contributed by atoms with E-state index in [1.165, 1.54) is 23.3 Å². The van der Waals surface area contributed by atoms with E-state index in [1.54, 1.807) is 11.0 Å². The number of aromatic nitrogens is 3. The van der Waals surface area contributed by atoms with Gasteiger partial charge in [0.1, 0.15) is 9.71 Å². The molecule has 1 saturated heterocycles. The van der Waals surface area contributed by atoms with Gasteiger partial charge in [-0.25, -0.2) is 4.98 Å². The second-order valence-corrected chi connectivity index (χ2v) is 11.1. The Hall–Kier alpha value is -2.68. The highest BCUT2D eigenvalue weighted by molar-refractivity contribution is 7.21. The van der Waals surface area contributed by atoms with Crippen molar-refractivity contribution in [3.63, 3.8) is 0 Å². The topological polar surface area (TPSA) is 101 Å². The molecule has 32 heavy (non-hydrogen) atoms. The van der Waals surface area contributed by atoms with Gasteiger partial charge in [0.2, 0.25) is 5.27 Å². The van der Waals surface area contributed by atoms with Crippen LogP contribution in [0.25, 0.3) is 10.2 Å². The van der Waals surface area contributed by atoms with E-state index in [0.29, 0.717) is 22.4 Å². The lowest BCUT2D eigenvalue weighted by Crippen LogP contribution is -2.60. The number of amides is 1. The molecular formula is C23H31N6O2S+. The van der Waals surface area contributed by atoms with Gasteiger partial charge in [-0.15, -0.1) is 11.3 Å². The van der Waals surface area contributed by atoms with Gasteiger partial charge in [0.05, 0.1) is 23.6 Å². The number of carbonyl (C=O) groups is 1. The molecule has 5 rings (SSSR count). The number of nitrogen functional groups attached to an aromatic ring is 1. The maximum Gasteiger partial charge on any atom is 0.306 e. The number of nitrogens with two attached hydrogens (primary N) is 1. The summed E-state index contributed by atoms with van der Waals surface area (Å²) in [5.41, 5.74) is 9.57. The van der Waals surface area contributed by atoms with Gasteiger partial charge in [-0.3, -0.25) is 14.6 Å². The molecule has 8 nitrogen and oxygen atoms in total. The van der Waals surface area contributed by atoms with E-state index in [1.807, 2.05) is 0 Å². The van der Waals surface area contributed by atoms with E-state index in [-0.39, 0.29) is 11.3 Å². The molecule has 1 fully saturated rings. The fraction of sp³-hybridized carbons (Fsp3) is 0.565. The summed E-state index contributed by atoms with van der Waals surface area (Å²) in [5, 5.41) is 9.82. The number of anilines is 2. The maximum atomic E-state index is 13.0. The highest BCUT2D eigenvalue weighted by Crippen LogP contribution is 2.40. The first-order valence-corrected chi connectivity index (χ1v) is 12.3. The third kappa shape index (κ3) is 3.94. The predicted molar refractivity (Wildman–Crippen MR) is 125 cm³/mol. The number of rotatable bonds is 3. The molecule has 170 valence electrons. The summed E-state index contributed by atoms with van der Waals surface area (Å²) in [6.07, 6.45) is 8.33. The lowest BCUT2D eigenvalue weighted by atomic mass is 9.71. The van der Waals surface area contributed by atoms with Crippen molar-refractivity contribution in [2.75, 3.05) is 29.1 Å². The van der Waals surface area contributed by atoms with E-state index in [0.717, 1.165) is 61.1 Å². The van der Waals surface area contributed by atoms with Crippen LogP contribution in [-0.2, 0) is 12.8 Å². The molecule has 3 N–H and O–H groups in total. The highest BCUT2D eigenvalue weighted by Gasteiger charge is 2.31. The van der Waals surface area contributed by atoms with Crippen molar-refractivity contribution in [3.8, 4) is 0 Å². The Bertz CT molecular complexity index is 1160. The van der Waals surface area contributed by atoms with E-state index in [4.69, 9.17) is 15.2 Å². The summed E-state index contributed by atoms with van der Waals surface area (Å²) in [6.45, 7) is 8.76. The van der Waals surface area contributed by atoms with Crippen molar-refractivity contribution in [2.24, 2.45) is 11.3 Å². The number of thiophene rings is 1. The van der Waals surface area contributed by atoms with Crippen LogP contribution in [0.3, 0.4) is 0 Å². The van der Waals surface area contributed by atoms with Crippen LogP contribution in [0.1, 0.15) is 67.4 Å². The summed E-state index contributed by atoms with van der Waals surface area (Å²) in [7, 11) is 0. The lowest BCUT2D eigenvalue weighted by Gasteiger charge is -2.34. The van der Waals surface area contributed by atoms with Crippen LogP contribution >= 0.6 is 11.3 Å². The molecule has 0 radical (unpaired) electrons. The van der Waals surface area contributed by atoms with Crippen LogP contribution < -0.4 is 20.9 Å². The molecule has 1 aliphatic heterocycles. The number of nitrogens with zero attached hydrogens (tertiary/aromatic N) is 4. The Labute approximate surface area is 191 Å². The second kappa shape index (κ2) is 8.03. The third-order valence-corrected chi connectivity index (χ3v) is 7.95. The van der Waals surface area contributed by atoms with Crippen molar-refractivity contribution >= 4 is 39.0 Å². The quantitative estimate of drug-likeness (QED) is 0.584. The van der Waals surface area contributed by atoms with Gasteiger partial charge in [-0.05, 0) is 61.5 Å². The molecule has 0 spiro atoms. The molecule has 1 atom stereocenters. The fourth-order valence-corrected chi connectivity index (χ4v) is 5.77. The maximum absolute atomic E-state index is 13.0. The zero-order valence-electron chi connectivity index (χ0n) is 19.0. The number of nitrogens with one attached hydrogen (secondary N) is 1. The molecule has 9 heteroatoms. The van der Waals surface area contributed by atoms with Crippen LogP contribution in [0.15, 0.2) is 16.8 Å². The first-order valence-electron chi connectivity index (χ1n) is 11.5. The Morgan fingerprint density at radius 2 is 2.09 bits per heavy atom. The van der Waals surface area contributed by atoms with Crippen molar-refractivity contribution in [2.45, 2.75) is 59.3 Å². The Balaban J connectivity index is 1.37. The zero-order valence-corrected chi connectivity index (χ0v) is 19.8. The van der Waals surface area contributed by atoms with E-state index >= 15 is 0 Å². The van der Waals surface area contributed by atoms with Gasteiger partial charge < -0.3 is 5.73 Å². The Kier molecular flexibility index (Phi) is 5.31. The molecule has 1 aliphatic carbocycles. The minimum absolute atomic E-state index is 0.264. The van der Waals surface area contributed by atoms with Gasteiger partial charge in [-0.1, -0.05) is 20.8 Å². The Morgan fingerprint density at radius 1 is 1.31 bits per heavy atom. The number of piperidine rings is 1. The van der Waals surface area contributed by atoms with Crippen LogP contribution in [0, 0.1) is 11.3 Å². The van der Waals surface area contributed by atoms with Gasteiger partial charge in [0.15, 0.2) is 0 Å². The van der Waals surface area contributed by atoms with Crippen LogP contribution in [0.2, 0.25) is 0 Å². The molecule has 0 saturated carbocycles. The summed E-state index contributed by atoms with van der Waals surface area (Å²) in [5.74, 6) is 0.630. The number of fused-ring (bicyclic) bond motifs is 2. The van der Waals surface area contributed by atoms with E-state index in [2.05, 4.69) is 42.4 Å². The molecule has 3 aromatic heterocycles. The van der Waals surface area contributed by atoms with Gasteiger partial charge in [-0.2, -0.15) is 5.01 Å². The molecule has 3 aromatic rings. The second-order valence-electron chi connectivity index (χ2n) is 10.1. The summed E-state index contributed by atoms with van der Waals surface area (Å²) in [6, 6.07) is 2.15. The SMILES string of the molecule is CC(C)(C)C1CCc2nc3sc(C(=O)Nc4c[n+](N5CCCCC5)no4)c(N)c3cc2C1. The van der Waals surface area contributed by atoms with E-state index < -0.39 is 0 Å². The third-order valence-electron chi connectivity index (χ3n) is 6.83. The molecule has 0 aromatic carbocycles. The van der Waals surface area contributed by atoms with Crippen molar-refractivity contribution in [1.29, 1.82) is 0 Å². The number of carbonyl (C=O) groups excluding carboxylic acids is 1. The van der Waals surface area contributed by atoms with E-state index in [9.17, 15) is 4.79 Å². The smallest absolute Gasteiger partial charge is 0.306 e. The number of hydrogen-bond acceptors (Lipinski definition) is 7. The summed E-state index contributed by atoms with van der Waals surface area (Å²) in [4.78, 5) is 20.8. The predicted octanol–water partition coefficient (Wildman–Crippen LogP) is 3.68. The standard InChI is InChI=1S/C23H30N6O2S/c1-23(2,3)15-7-8-17-14(11-15)12-16-19(24)20(32-22(16)25-17)21(30)26-18-13-29(27-31-18)28-9-5-4-6-10-28/h12-13,15H,4-11H2,1-3H3,(H2-,24,26,27,30)/p+1. The van der Waals surface area contributed by atoms with Crippen molar-refractivity contribution < 1.29 is 14.1 Å². The molecule has 4 heterocycles. The number of pyridine rings is 1. The average Bonchev–Trinajstić information content (AvgIpc) is 3.36. The molecule has 1 unspecified atom stereocenters. The van der Waals surface area contributed by atoms with Crippen LogP contribution in [0.4, 0.5) is 11.6 Å². The first kappa shape index (κ1) is 21.2. The number of aryl methyl sites for hydroxylation is 1. The molecular weight excluding hydrogens is 424 g/mol. The van der Waals surface area contributed by atoms with Gasteiger partial charge in [0.25, 0.3) is 12.1 Å². The normalized spacial score (nSPS) is 19.2. The van der Waals surface area contributed by atoms with Gasteiger partial charge >= 0.3 is 5.88 Å².